The lowest BCUT2D eigenvalue weighted by molar-refractivity contribution is -0.126. The summed E-state index contributed by atoms with van der Waals surface area (Å²) in [5.74, 6) is 0.586. The van der Waals surface area contributed by atoms with Gasteiger partial charge in [0.1, 0.15) is 36.1 Å². The van der Waals surface area contributed by atoms with Crippen LogP contribution in [0.2, 0.25) is 0 Å². The summed E-state index contributed by atoms with van der Waals surface area (Å²) in [6, 6.07) is 8.56. The van der Waals surface area contributed by atoms with Crippen LogP contribution in [-0.2, 0) is 15.5 Å². The Bertz CT molecular complexity index is 1290. The fraction of sp³-hybridized carbons (Fsp3) is 0.273. The van der Waals surface area contributed by atoms with E-state index in [4.69, 9.17) is 10.00 Å². The Hall–Kier alpha value is -3.65. The van der Waals surface area contributed by atoms with Gasteiger partial charge in [0.15, 0.2) is 6.10 Å². The summed E-state index contributed by atoms with van der Waals surface area (Å²) >= 11 is 0. The van der Waals surface area contributed by atoms with Crippen LogP contribution < -0.4 is 15.4 Å². The van der Waals surface area contributed by atoms with Crippen LogP contribution in [-0.4, -0.2) is 40.0 Å². The second-order valence-electron chi connectivity index (χ2n) is 7.26. The Morgan fingerprint density at radius 2 is 2.12 bits per heavy atom. The number of carbonyl (C=O) groups is 1. The number of hydrogen-bond donors (Lipinski definition) is 2. The molecule has 11 heteroatoms. The molecule has 0 radical (unpaired) electrons. The van der Waals surface area contributed by atoms with Crippen LogP contribution in [0.1, 0.15) is 13.3 Å². The lowest BCUT2D eigenvalue weighted by atomic mass is 10.2. The molecular weight excluding hydrogens is 450 g/mol. The molecule has 0 bridgehead atoms. The molecule has 0 saturated carbocycles. The highest BCUT2D eigenvalue weighted by Gasteiger charge is 2.19. The fourth-order valence-electron chi connectivity index (χ4n) is 3.13. The minimum Gasteiger partial charge on any atom is -0.479 e. The normalized spacial score (nSPS) is 14.1. The summed E-state index contributed by atoms with van der Waals surface area (Å²) in [7, 11) is -0.0562. The number of halogens is 2. The number of rotatable bonds is 7. The lowest BCUT2D eigenvalue weighted by Gasteiger charge is -2.18. The van der Waals surface area contributed by atoms with E-state index in [-0.39, 0.29) is 39.9 Å². The molecule has 8 nitrogen and oxygen atoms in total. The SMILES string of the molecule is C[C@@H](Oc1cc(F)ccc1Nc1ncnc2cc(N=S3CCC3)cc(F)c12)C(=O)NCC#N. The first kappa shape index (κ1) is 22.5. The third-order valence-electron chi connectivity index (χ3n) is 4.88. The summed E-state index contributed by atoms with van der Waals surface area (Å²) in [5.41, 5.74) is 1.19. The number of nitriles is 1. The van der Waals surface area contributed by atoms with Crippen molar-refractivity contribution in [2.45, 2.75) is 19.4 Å². The van der Waals surface area contributed by atoms with Crippen LogP contribution in [0.5, 0.6) is 5.75 Å². The van der Waals surface area contributed by atoms with E-state index in [9.17, 15) is 9.18 Å². The number of benzene rings is 2. The van der Waals surface area contributed by atoms with Crippen molar-refractivity contribution in [3.05, 3.63) is 48.3 Å². The molecule has 1 fully saturated rings. The van der Waals surface area contributed by atoms with Gasteiger partial charge in [-0.3, -0.25) is 4.79 Å². The topological polar surface area (TPSA) is 112 Å². The zero-order chi connectivity index (χ0) is 23.4. The number of nitrogens with zero attached hydrogens (tertiary/aromatic N) is 4. The van der Waals surface area contributed by atoms with E-state index in [0.717, 1.165) is 24.0 Å². The van der Waals surface area contributed by atoms with Crippen LogP contribution in [0.3, 0.4) is 0 Å². The molecule has 1 amide bonds. The van der Waals surface area contributed by atoms with Crippen LogP contribution in [0.25, 0.3) is 10.9 Å². The van der Waals surface area contributed by atoms with Gasteiger partial charge in [-0.2, -0.15) is 5.26 Å². The van der Waals surface area contributed by atoms with Gasteiger partial charge in [0.05, 0.1) is 28.3 Å². The smallest absolute Gasteiger partial charge is 0.261 e. The van der Waals surface area contributed by atoms with Crippen molar-refractivity contribution in [3.8, 4) is 11.8 Å². The maximum Gasteiger partial charge on any atom is 0.261 e. The quantitative estimate of drug-likeness (QED) is 0.507. The minimum absolute atomic E-state index is 0.0274. The lowest BCUT2D eigenvalue weighted by Crippen LogP contribution is -2.36. The van der Waals surface area contributed by atoms with Crippen LogP contribution in [0, 0.1) is 23.0 Å². The third kappa shape index (κ3) is 5.23. The highest BCUT2D eigenvalue weighted by Crippen LogP contribution is 2.34. The van der Waals surface area contributed by atoms with E-state index < -0.39 is 23.6 Å². The number of aromatic nitrogens is 2. The first-order valence-electron chi connectivity index (χ1n) is 10.2. The van der Waals surface area contributed by atoms with Crippen molar-refractivity contribution in [1.29, 1.82) is 5.26 Å². The van der Waals surface area contributed by atoms with Crippen molar-refractivity contribution in [1.82, 2.24) is 15.3 Å². The second-order valence-corrected chi connectivity index (χ2v) is 9.18. The average Bonchev–Trinajstić information content (AvgIpc) is 2.76. The number of nitrogens with one attached hydrogen (secondary N) is 2. The van der Waals surface area contributed by atoms with Gasteiger partial charge in [-0.15, -0.1) is 0 Å². The van der Waals surface area contributed by atoms with Crippen molar-refractivity contribution < 1.29 is 18.3 Å². The zero-order valence-electron chi connectivity index (χ0n) is 17.6. The third-order valence-corrected chi connectivity index (χ3v) is 6.87. The van der Waals surface area contributed by atoms with Crippen molar-refractivity contribution >= 4 is 44.7 Å². The molecule has 1 aliphatic rings. The Labute approximate surface area is 191 Å². The van der Waals surface area contributed by atoms with Crippen LogP contribution in [0.4, 0.5) is 26.0 Å². The fourth-order valence-corrected chi connectivity index (χ4v) is 4.26. The summed E-state index contributed by atoms with van der Waals surface area (Å²) in [4.78, 5) is 20.4. The van der Waals surface area contributed by atoms with Crippen LogP contribution >= 0.6 is 0 Å². The van der Waals surface area contributed by atoms with Gasteiger partial charge in [0, 0.05) is 23.6 Å². The first-order chi connectivity index (χ1) is 15.9. The number of ether oxygens (including phenoxy) is 1. The molecule has 0 unspecified atom stereocenters. The minimum atomic E-state index is -1.00. The number of carbonyl (C=O) groups excluding carboxylic acids is 1. The molecule has 1 atom stereocenters. The van der Waals surface area contributed by atoms with Gasteiger partial charge in [0.2, 0.25) is 0 Å². The van der Waals surface area contributed by atoms with Crippen molar-refractivity contribution in [2.75, 3.05) is 23.4 Å². The molecule has 170 valence electrons. The summed E-state index contributed by atoms with van der Waals surface area (Å²) < 4.78 is 39.1. The first-order valence-corrected chi connectivity index (χ1v) is 11.7. The maximum atomic E-state index is 15.0. The molecule has 2 heterocycles. The highest BCUT2D eigenvalue weighted by molar-refractivity contribution is 7.88. The van der Waals surface area contributed by atoms with Gasteiger partial charge in [-0.25, -0.2) is 23.1 Å². The van der Waals surface area contributed by atoms with E-state index >= 15 is 4.39 Å². The summed E-state index contributed by atoms with van der Waals surface area (Å²) in [6.45, 7) is 1.29. The molecule has 1 aromatic heterocycles. The standard InChI is InChI=1S/C22H20F2N6O2S/c1-13(22(31)26-6-5-25)32-19-9-14(23)3-4-17(19)29-21-20-16(24)10-15(30-33-7-2-8-33)11-18(20)27-12-28-21/h3-4,9-13H,2,6-8H2,1H3,(H,26,31)(H,27,28,29)/t13-/m1/s1. The Balaban J connectivity index is 1.64. The molecule has 0 spiro atoms. The Kier molecular flexibility index (Phi) is 6.74. The van der Waals surface area contributed by atoms with Crippen LogP contribution in [0.15, 0.2) is 41.0 Å². The van der Waals surface area contributed by atoms with Gasteiger partial charge in [0.25, 0.3) is 5.91 Å². The van der Waals surface area contributed by atoms with E-state index in [2.05, 4.69) is 25.0 Å². The molecule has 2 aromatic carbocycles. The van der Waals surface area contributed by atoms with Crippen molar-refractivity contribution in [2.24, 2.45) is 4.36 Å². The van der Waals surface area contributed by atoms with E-state index in [1.54, 1.807) is 12.1 Å². The molecular formula is C22H20F2N6O2S. The number of hydrogen-bond acceptors (Lipinski definition) is 7. The van der Waals surface area contributed by atoms with Gasteiger partial charge < -0.3 is 15.4 Å². The number of amides is 1. The summed E-state index contributed by atoms with van der Waals surface area (Å²) in [6.07, 6.45) is 1.43. The maximum absolute atomic E-state index is 15.0. The average molecular weight is 471 g/mol. The second kappa shape index (κ2) is 9.87. The predicted octanol–water partition coefficient (Wildman–Crippen LogP) is 3.90. The molecule has 0 aliphatic carbocycles. The van der Waals surface area contributed by atoms with Gasteiger partial charge in [-0.1, -0.05) is 10.7 Å². The van der Waals surface area contributed by atoms with Gasteiger partial charge >= 0.3 is 0 Å². The largest absolute Gasteiger partial charge is 0.479 e. The van der Waals surface area contributed by atoms with Gasteiger partial charge in [-0.05, 0) is 31.5 Å². The van der Waals surface area contributed by atoms with Crippen molar-refractivity contribution in [3.63, 3.8) is 0 Å². The van der Waals surface area contributed by atoms with E-state index in [1.807, 2.05) is 0 Å². The predicted molar refractivity (Wildman–Crippen MR) is 122 cm³/mol. The monoisotopic (exact) mass is 470 g/mol. The molecule has 1 aliphatic heterocycles. The Morgan fingerprint density at radius 3 is 2.85 bits per heavy atom. The summed E-state index contributed by atoms with van der Waals surface area (Å²) in [5, 5.41) is 14.1. The van der Waals surface area contributed by atoms with E-state index in [0.29, 0.717) is 11.2 Å². The molecule has 4 rings (SSSR count). The molecule has 2 N–H and O–H groups in total. The zero-order valence-corrected chi connectivity index (χ0v) is 18.5. The molecule has 1 saturated heterocycles. The highest BCUT2D eigenvalue weighted by atomic mass is 32.2. The Morgan fingerprint density at radius 1 is 1.30 bits per heavy atom. The number of fused-ring (bicyclic) bond motifs is 1. The molecule has 33 heavy (non-hydrogen) atoms. The molecule has 3 aromatic rings. The number of anilines is 2. The van der Waals surface area contributed by atoms with E-state index in [1.165, 1.54) is 31.5 Å².